The summed E-state index contributed by atoms with van der Waals surface area (Å²) < 4.78 is 5.32. The van der Waals surface area contributed by atoms with Crippen molar-refractivity contribution in [3.8, 4) is 0 Å². The van der Waals surface area contributed by atoms with Crippen molar-refractivity contribution in [1.82, 2.24) is 5.32 Å². The highest BCUT2D eigenvalue weighted by molar-refractivity contribution is 5.82. The molecule has 3 atom stereocenters. The Labute approximate surface area is 136 Å². The number of ether oxygens (including phenoxy) is 1. The first kappa shape index (κ1) is 16.0. The topological polar surface area (TPSA) is 75.6 Å². The molecule has 5 heteroatoms. The molecule has 23 heavy (non-hydrogen) atoms. The summed E-state index contributed by atoms with van der Waals surface area (Å²) in [5.41, 5.74) is 2.59. The molecule has 1 amide bonds. The lowest BCUT2D eigenvalue weighted by Gasteiger charge is -2.36. The molecule has 0 aromatic heterocycles. The maximum Gasteiger partial charge on any atom is 0.332 e. The Bertz CT molecular complexity index is 615. The molecule has 0 spiro atoms. The van der Waals surface area contributed by atoms with Crippen molar-refractivity contribution in [3.05, 3.63) is 35.4 Å². The fourth-order valence-corrected chi connectivity index (χ4v) is 3.72. The third kappa shape index (κ3) is 3.24. The second-order valence-corrected chi connectivity index (χ2v) is 6.82. The predicted molar refractivity (Wildman–Crippen MR) is 85.3 cm³/mol. The molecule has 0 radical (unpaired) electrons. The molecule has 0 saturated carbocycles. The van der Waals surface area contributed by atoms with E-state index in [0.717, 1.165) is 19.3 Å². The number of nitrogens with one attached hydrogen (secondary N) is 1. The van der Waals surface area contributed by atoms with Crippen molar-refractivity contribution in [3.63, 3.8) is 0 Å². The first-order valence-corrected chi connectivity index (χ1v) is 8.24. The summed E-state index contributed by atoms with van der Waals surface area (Å²) in [5.74, 6) is -1.19. The van der Waals surface area contributed by atoms with Gasteiger partial charge in [0.05, 0.1) is 0 Å². The minimum absolute atomic E-state index is 0.0741. The van der Waals surface area contributed by atoms with Crippen LogP contribution in [0, 0.1) is 0 Å². The van der Waals surface area contributed by atoms with Gasteiger partial charge in [0.15, 0.2) is 6.10 Å². The number of hydrogen-bond donors (Lipinski definition) is 2. The molecule has 1 heterocycles. The Balaban J connectivity index is 1.62. The third-order valence-electron chi connectivity index (χ3n) is 5.08. The molecule has 1 aliphatic heterocycles. The molecule has 5 nitrogen and oxygen atoms in total. The minimum atomic E-state index is -0.992. The standard InChI is InChI=1S/C18H23NO4/c1-18(10-4-6-12-5-2-3-7-13(12)18)11-19-16(20)14-8-9-15(23-14)17(21)22/h2-3,5,7,14-15H,4,6,8-11H2,1H3,(H,19,20)(H,21,22)/t14-,15+,18?/m0/s1. The summed E-state index contributed by atoms with van der Waals surface area (Å²) in [7, 11) is 0. The first-order valence-electron chi connectivity index (χ1n) is 8.24. The normalized spacial score (nSPS) is 29.8. The Morgan fingerprint density at radius 2 is 2.04 bits per heavy atom. The van der Waals surface area contributed by atoms with Gasteiger partial charge in [0.25, 0.3) is 0 Å². The van der Waals surface area contributed by atoms with Crippen LogP contribution in [0.1, 0.15) is 43.7 Å². The number of carbonyl (C=O) groups is 2. The second-order valence-electron chi connectivity index (χ2n) is 6.82. The Morgan fingerprint density at radius 1 is 1.30 bits per heavy atom. The number of benzene rings is 1. The lowest BCUT2D eigenvalue weighted by molar-refractivity contribution is -0.151. The van der Waals surface area contributed by atoms with Crippen molar-refractivity contribution in [2.75, 3.05) is 6.54 Å². The van der Waals surface area contributed by atoms with Gasteiger partial charge in [-0.15, -0.1) is 0 Å². The van der Waals surface area contributed by atoms with E-state index < -0.39 is 18.2 Å². The van der Waals surface area contributed by atoms with Gasteiger partial charge in [0.2, 0.25) is 5.91 Å². The predicted octanol–water partition coefficient (Wildman–Crippen LogP) is 2.03. The quantitative estimate of drug-likeness (QED) is 0.891. The molecule has 1 aromatic carbocycles. The number of aryl methyl sites for hydroxylation is 1. The summed E-state index contributed by atoms with van der Waals surface area (Å²) in [6, 6.07) is 8.41. The summed E-state index contributed by atoms with van der Waals surface area (Å²) >= 11 is 0. The van der Waals surface area contributed by atoms with Crippen LogP contribution in [-0.2, 0) is 26.2 Å². The van der Waals surface area contributed by atoms with E-state index in [1.165, 1.54) is 11.1 Å². The van der Waals surface area contributed by atoms with Crippen LogP contribution in [0.25, 0.3) is 0 Å². The van der Waals surface area contributed by atoms with Crippen LogP contribution >= 0.6 is 0 Å². The van der Waals surface area contributed by atoms with Crippen LogP contribution in [-0.4, -0.2) is 35.7 Å². The van der Waals surface area contributed by atoms with Crippen molar-refractivity contribution in [1.29, 1.82) is 0 Å². The molecule has 2 aliphatic rings. The molecule has 0 bridgehead atoms. The van der Waals surface area contributed by atoms with Gasteiger partial charge in [-0.1, -0.05) is 31.2 Å². The van der Waals surface area contributed by atoms with E-state index in [2.05, 4.69) is 30.4 Å². The highest BCUT2D eigenvalue weighted by Gasteiger charge is 2.37. The number of amides is 1. The molecule has 1 unspecified atom stereocenters. The fourth-order valence-electron chi connectivity index (χ4n) is 3.72. The average molecular weight is 317 g/mol. The van der Waals surface area contributed by atoms with Crippen LogP contribution in [0.5, 0.6) is 0 Å². The molecule has 1 fully saturated rings. The first-order chi connectivity index (χ1) is 11.0. The van der Waals surface area contributed by atoms with Crippen molar-refractivity contribution >= 4 is 11.9 Å². The maximum absolute atomic E-state index is 12.3. The molecule has 1 aliphatic carbocycles. The molecule has 1 aromatic rings. The summed E-state index contributed by atoms with van der Waals surface area (Å²) in [6.45, 7) is 2.74. The number of fused-ring (bicyclic) bond motifs is 1. The van der Waals surface area contributed by atoms with E-state index in [9.17, 15) is 9.59 Å². The molecular weight excluding hydrogens is 294 g/mol. The lowest BCUT2D eigenvalue weighted by atomic mass is 9.71. The zero-order valence-corrected chi connectivity index (χ0v) is 13.4. The van der Waals surface area contributed by atoms with Gasteiger partial charge in [0.1, 0.15) is 6.10 Å². The smallest absolute Gasteiger partial charge is 0.332 e. The third-order valence-corrected chi connectivity index (χ3v) is 5.08. The Kier molecular flexibility index (Phi) is 4.39. The van der Waals surface area contributed by atoms with Crippen molar-refractivity contribution in [2.24, 2.45) is 0 Å². The van der Waals surface area contributed by atoms with Crippen LogP contribution in [0.2, 0.25) is 0 Å². The number of carbonyl (C=O) groups excluding carboxylic acids is 1. The van der Waals surface area contributed by atoms with Gasteiger partial charge in [-0.25, -0.2) is 4.79 Å². The van der Waals surface area contributed by atoms with Crippen molar-refractivity contribution < 1.29 is 19.4 Å². The number of hydrogen-bond acceptors (Lipinski definition) is 3. The number of carboxylic acids is 1. The van der Waals surface area contributed by atoms with Gasteiger partial charge in [0, 0.05) is 12.0 Å². The molecule has 1 saturated heterocycles. The molecule has 124 valence electrons. The fraction of sp³-hybridized carbons (Fsp3) is 0.556. The SMILES string of the molecule is CC1(CNC(=O)[C@@H]2CC[C@H](C(=O)O)O2)CCCc2ccccc21. The van der Waals surface area contributed by atoms with E-state index in [4.69, 9.17) is 9.84 Å². The highest BCUT2D eigenvalue weighted by atomic mass is 16.5. The van der Waals surface area contributed by atoms with E-state index in [-0.39, 0.29) is 11.3 Å². The monoisotopic (exact) mass is 317 g/mol. The average Bonchev–Trinajstić information content (AvgIpc) is 3.04. The number of carboxylic acid groups (broad SMARTS) is 1. The largest absolute Gasteiger partial charge is 0.479 e. The summed E-state index contributed by atoms with van der Waals surface area (Å²) in [5, 5.41) is 11.9. The van der Waals surface area contributed by atoms with E-state index in [0.29, 0.717) is 19.4 Å². The zero-order chi connectivity index (χ0) is 16.4. The van der Waals surface area contributed by atoms with Gasteiger partial charge >= 0.3 is 5.97 Å². The Hall–Kier alpha value is -1.88. The van der Waals surface area contributed by atoms with Crippen LogP contribution in [0.4, 0.5) is 0 Å². The summed E-state index contributed by atoms with van der Waals surface area (Å²) in [4.78, 5) is 23.2. The van der Waals surface area contributed by atoms with E-state index >= 15 is 0 Å². The molecule has 3 rings (SSSR count). The number of aliphatic carboxylic acids is 1. The van der Waals surface area contributed by atoms with Gasteiger partial charge in [-0.2, -0.15) is 0 Å². The molecule has 2 N–H and O–H groups in total. The lowest BCUT2D eigenvalue weighted by Crippen LogP contribution is -2.44. The minimum Gasteiger partial charge on any atom is -0.479 e. The highest BCUT2D eigenvalue weighted by Crippen LogP contribution is 2.36. The Morgan fingerprint density at radius 3 is 2.78 bits per heavy atom. The van der Waals surface area contributed by atoms with Gasteiger partial charge < -0.3 is 15.2 Å². The van der Waals surface area contributed by atoms with E-state index in [1.54, 1.807) is 0 Å². The van der Waals surface area contributed by atoms with Crippen LogP contribution in [0.15, 0.2) is 24.3 Å². The maximum atomic E-state index is 12.3. The molecular formula is C18H23NO4. The van der Waals surface area contributed by atoms with Gasteiger partial charge in [-0.05, 0) is 43.2 Å². The van der Waals surface area contributed by atoms with Crippen molar-refractivity contribution in [2.45, 2.75) is 56.7 Å². The summed E-state index contributed by atoms with van der Waals surface area (Å²) in [6.07, 6.45) is 2.61. The van der Waals surface area contributed by atoms with Crippen LogP contribution in [0.3, 0.4) is 0 Å². The van der Waals surface area contributed by atoms with E-state index in [1.807, 2.05) is 6.07 Å². The second kappa shape index (κ2) is 6.32. The van der Waals surface area contributed by atoms with Gasteiger partial charge in [-0.3, -0.25) is 4.79 Å². The zero-order valence-electron chi connectivity index (χ0n) is 13.4. The van der Waals surface area contributed by atoms with Crippen LogP contribution < -0.4 is 5.32 Å². The number of rotatable bonds is 4.